The third kappa shape index (κ3) is 0.867. The van der Waals surface area contributed by atoms with Gasteiger partial charge in [0.05, 0.1) is 15.9 Å². The highest BCUT2D eigenvalue weighted by atomic mass is 32.1. The van der Waals surface area contributed by atoms with Crippen molar-refractivity contribution in [2.24, 2.45) is 0 Å². The third-order valence-corrected chi connectivity index (χ3v) is 2.26. The largest absolute Gasteiger partial charge is 0.396 e. The van der Waals surface area contributed by atoms with E-state index in [4.69, 9.17) is 5.73 Å². The van der Waals surface area contributed by atoms with Gasteiger partial charge in [-0.15, -0.1) is 11.3 Å². The molecule has 2 aromatic rings. The number of hydrogen-bond donors (Lipinski definition) is 1. The van der Waals surface area contributed by atoms with Gasteiger partial charge in [0.15, 0.2) is 5.82 Å². The predicted octanol–water partition coefficient (Wildman–Crippen LogP) is 2.02. The number of halogens is 1. The molecule has 0 fully saturated rings. The molecule has 0 spiro atoms. The van der Waals surface area contributed by atoms with Crippen LogP contribution in [0, 0.1) is 5.82 Å². The zero-order valence-electron chi connectivity index (χ0n) is 5.54. The van der Waals surface area contributed by atoms with Crippen LogP contribution in [-0.4, -0.2) is 4.98 Å². The van der Waals surface area contributed by atoms with Crippen LogP contribution in [0.15, 0.2) is 17.6 Å². The number of fused-ring (bicyclic) bond motifs is 1. The van der Waals surface area contributed by atoms with Crippen molar-refractivity contribution in [3.05, 3.63) is 23.5 Å². The molecule has 0 radical (unpaired) electrons. The molecule has 0 saturated carbocycles. The number of thiazole rings is 1. The number of hydrogen-bond acceptors (Lipinski definition) is 3. The Bertz CT molecular complexity index is 396. The second kappa shape index (κ2) is 2.17. The summed E-state index contributed by atoms with van der Waals surface area (Å²) >= 11 is 1.40. The van der Waals surface area contributed by atoms with Crippen molar-refractivity contribution < 1.29 is 4.39 Å². The molecule has 1 aromatic carbocycles. The summed E-state index contributed by atoms with van der Waals surface area (Å²) in [6, 6.07) is 3.32. The molecule has 11 heavy (non-hydrogen) atoms. The highest BCUT2D eigenvalue weighted by molar-refractivity contribution is 7.16. The quantitative estimate of drug-likeness (QED) is 0.611. The van der Waals surface area contributed by atoms with E-state index in [-0.39, 0.29) is 5.69 Å². The first-order valence-electron chi connectivity index (χ1n) is 3.06. The summed E-state index contributed by atoms with van der Waals surface area (Å²) in [5.74, 6) is -0.413. The van der Waals surface area contributed by atoms with E-state index in [1.54, 1.807) is 17.6 Å². The maximum atomic E-state index is 13.1. The molecule has 56 valence electrons. The Morgan fingerprint density at radius 2 is 2.27 bits per heavy atom. The monoisotopic (exact) mass is 168 g/mol. The van der Waals surface area contributed by atoms with Gasteiger partial charge in [0.1, 0.15) is 5.52 Å². The summed E-state index contributed by atoms with van der Waals surface area (Å²) in [6.07, 6.45) is 0. The van der Waals surface area contributed by atoms with E-state index in [2.05, 4.69) is 4.98 Å². The molecule has 2 nitrogen and oxygen atoms in total. The van der Waals surface area contributed by atoms with Crippen molar-refractivity contribution in [2.75, 3.05) is 5.73 Å². The first kappa shape index (κ1) is 6.54. The van der Waals surface area contributed by atoms with Crippen molar-refractivity contribution >= 4 is 27.2 Å². The molecule has 2 rings (SSSR count). The average molecular weight is 168 g/mol. The normalized spacial score (nSPS) is 10.6. The highest BCUT2D eigenvalue weighted by Crippen LogP contribution is 2.23. The lowest BCUT2D eigenvalue weighted by Crippen LogP contribution is -1.89. The number of aromatic nitrogens is 1. The average Bonchev–Trinajstić information content (AvgIpc) is 2.45. The van der Waals surface area contributed by atoms with Crippen LogP contribution >= 0.6 is 11.3 Å². The molecule has 0 unspecified atom stereocenters. The summed E-state index contributed by atoms with van der Waals surface area (Å²) < 4.78 is 13.9. The molecule has 0 saturated heterocycles. The van der Waals surface area contributed by atoms with Crippen LogP contribution in [0.5, 0.6) is 0 Å². The fraction of sp³-hybridized carbons (Fsp3) is 0. The van der Waals surface area contributed by atoms with E-state index < -0.39 is 5.82 Å². The summed E-state index contributed by atoms with van der Waals surface area (Å²) in [5.41, 5.74) is 7.47. The van der Waals surface area contributed by atoms with Crippen molar-refractivity contribution in [3.8, 4) is 0 Å². The van der Waals surface area contributed by atoms with E-state index >= 15 is 0 Å². The van der Waals surface area contributed by atoms with Gasteiger partial charge in [-0.05, 0) is 12.1 Å². The van der Waals surface area contributed by atoms with Gasteiger partial charge in [-0.25, -0.2) is 9.37 Å². The number of nitrogens with two attached hydrogens (primary N) is 1. The van der Waals surface area contributed by atoms with Gasteiger partial charge >= 0.3 is 0 Å². The SMILES string of the molecule is Nc1ccc2scnc2c1F. The van der Waals surface area contributed by atoms with Gasteiger partial charge in [0.2, 0.25) is 0 Å². The van der Waals surface area contributed by atoms with Gasteiger partial charge in [-0.2, -0.15) is 0 Å². The molecule has 2 N–H and O–H groups in total. The first-order valence-corrected chi connectivity index (χ1v) is 3.94. The van der Waals surface area contributed by atoms with Crippen LogP contribution in [0.25, 0.3) is 10.2 Å². The Hall–Kier alpha value is -1.16. The van der Waals surface area contributed by atoms with Crippen LogP contribution in [0.4, 0.5) is 10.1 Å². The van der Waals surface area contributed by atoms with E-state index in [1.807, 2.05) is 0 Å². The molecule has 0 atom stereocenters. The summed E-state index contributed by atoms with van der Waals surface area (Å²) in [6.45, 7) is 0. The molecule has 1 aromatic heterocycles. The number of nitrogen functional groups attached to an aromatic ring is 1. The molecule has 0 bridgehead atoms. The molecule has 0 aliphatic carbocycles. The minimum atomic E-state index is -0.413. The molecular weight excluding hydrogens is 163 g/mol. The Kier molecular flexibility index (Phi) is 1.29. The standard InChI is InChI=1S/C7H5FN2S/c8-6-4(9)1-2-5-7(6)10-3-11-5/h1-3H,9H2. The summed E-state index contributed by atoms with van der Waals surface area (Å²) in [4.78, 5) is 3.84. The van der Waals surface area contributed by atoms with Gasteiger partial charge in [0, 0.05) is 0 Å². The van der Waals surface area contributed by atoms with Crippen molar-refractivity contribution in [2.45, 2.75) is 0 Å². The van der Waals surface area contributed by atoms with Crippen LogP contribution < -0.4 is 5.73 Å². The van der Waals surface area contributed by atoms with Crippen LogP contribution in [0.1, 0.15) is 0 Å². The van der Waals surface area contributed by atoms with Gasteiger partial charge in [-0.3, -0.25) is 0 Å². The number of nitrogens with zero attached hydrogens (tertiary/aromatic N) is 1. The summed E-state index contributed by atoms with van der Waals surface area (Å²) in [5, 5.41) is 0. The highest BCUT2D eigenvalue weighted by Gasteiger charge is 2.05. The number of anilines is 1. The zero-order valence-corrected chi connectivity index (χ0v) is 6.36. The maximum Gasteiger partial charge on any atom is 0.173 e. The molecular formula is C7H5FN2S. The van der Waals surface area contributed by atoms with Crippen molar-refractivity contribution in [1.29, 1.82) is 0 Å². The molecule has 0 amide bonds. The van der Waals surface area contributed by atoms with Gasteiger partial charge in [-0.1, -0.05) is 0 Å². The fourth-order valence-corrected chi connectivity index (χ4v) is 1.59. The molecule has 0 aliphatic heterocycles. The van der Waals surface area contributed by atoms with E-state index in [1.165, 1.54) is 11.3 Å². The number of benzene rings is 1. The lowest BCUT2D eigenvalue weighted by atomic mass is 10.3. The zero-order chi connectivity index (χ0) is 7.84. The first-order chi connectivity index (χ1) is 5.29. The third-order valence-electron chi connectivity index (χ3n) is 1.47. The molecule has 4 heteroatoms. The van der Waals surface area contributed by atoms with E-state index in [9.17, 15) is 4.39 Å². The minimum absolute atomic E-state index is 0.156. The second-order valence-corrected chi connectivity index (χ2v) is 3.05. The number of rotatable bonds is 0. The second-order valence-electron chi connectivity index (χ2n) is 2.17. The van der Waals surface area contributed by atoms with Crippen LogP contribution in [-0.2, 0) is 0 Å². The minimum Gasteiger partial charge on any atom is -0.396 e. The Labute approximate surface area is 66.5 Å². The predicted molar refractivity (Wildman–Crippen MR) is 44.0 cm³/mol. The topological polar surface area (TPSA) is 38.9 Å². The van der Waals surface area contributed by atoms with E-state index in [0.717, 1.165) is 4.70 Å². The van der Waals surface area contributed by atoms with Crippen molar-refractivity contribution in [3.63, 3.8) is 0 Å². The lowest BCUT2D eigenvalue weighted by Gasteiger charge is -1.94. The summed E-state index contributed by atoms with van der Waals surface area (Å²) in [7, 11) is 0. The van der Waals surface area contributed by atoms with Gasteiger partial charge < -0.3 is 5.73 Å². The smallest absolute Gasteiger partial charge is 0.173 e. The molecule has 0 aliphatic rings. The van der Waals surface area contributed by atoms with Crippen molar-refractivity contribution in [1.82, 2.24) is 4.98 Å². The van der Waals surface area contributed by atoms with Crippen LogP contribution in [0.3, 0.4) is 0 Å². The Balaban J connectivity index is 2.93. The van der Waals surface area contributed by atoms with E-state index in [0.29, 0.717) is 5.52 Å². The Morgan fingerprint density at radius 1 is 1.45 bits per heavy atom. The van der Waals surface area contributed by atoms with Crippen LogP contribution in [0.2, 0.25) is 0 Å². The fourth-order valence-electron chi connectivity index (χ4n) is 0.914. The Morgan fingerprint density at radius 3 is 3.09 bits per heavy atom. The maximum absolute atomic E-state index is 13.1. The molecule has 1 heterocycles. The van der Waals surface area contributed by atoms with Gasteiger partial charge in [0.25, 0.3) is 0 Å². The lowest BCUT2D eigenvalue weighted by molar-refractivity contribution is 0.642.